The van der Waals surface area contributed by atoms with Gasteiger partial charge in [0.05, 0.1) is 23.5 Å². The van der Waals surface area contributed by atoms with Crippen LogP contribution in [-0.2, 0) is 6.54 Å². The molecule has 0 unspecified atom stereocenters. The van der Waals surface area contributed by atoms with Gasteiger partial charge in [0.1, 0.15) is 0 Å². The third-order valence-corrected chi connectivity index (χ3v) is 3.20. The Morgan fingerprint density at radius 1 is 1.20 bits per heavy atom. The maximum absolute atomic E-state index is 11.3. The van der Waals surface area contributed by atoms with Gasteiger partial charge in [-0.15, -0.1) is 0 Å². The summed E-state index contributed by atoms with van der Waals surface area (Å²) in [4.78, 5) is 17.7. The lowest BCUT2D eigenvalue weighted by Gasteiger charge is -2.23. The highest BCUT2D eigenvalue weighted by atomic mass is 16.4. The summed E-state index contributed by atoms with van der Waals surface area (Å²) in [6.45, 7) is 4.44. The largest absolute Gasteiger partial charge is 0.478 e. The van der Waals surface area contributed by atoms with Crippen LogP contribution in [0.1, 0.15) is 27.3 Å². The summed E-state index contributed by atoms with van der Waals surface area (Å²) in [6.07, 6.45) is 0. The molecular weight excluding hydrogens is 252 g/mol. The molecule has 2 rings (SSSR count). The third-order valence-electron chi connectivity index (χ3n) is 3.20. The van der Waals surface area contributed by atoms with Gasteiger partial charge in [-0.3, -0.25) is 4.98 Å². The molecule has 4 nitrogen and oxygen atoms in total. The molecular formula is C16H18N2O2. The van der Waals surface area contributed by atoms with Crippen molar-refractivity contribution in [2.24, 2.45) is 0 Å². The van der Waals surface area contributed by atoms with Gasteiger partial charge < -0.3 is 10.0 Å². The number of benzene rings is 1. The highest BCUT2D eigenvalue weighted by molar-refractivity contribution is 5.95. The highest BCUT2D eigenvalue weighted by Crippen LogP contribution is 2.25. The summed E-state index contributed by atoms with van der Waals surface area (Å²) < 4.78 is 0. The summed E-state index contributed by atoms with van der Waals surface area (Å²) in [6, 6.07) is 11.2. The lowest BCUT2D eigenvalue weighted by atomic mass is 10.1. The van der Waals surface area contributed by atoms with Gasteiger partial charge in [0.15, 0.2) is 0 Å². The van der Waals surface area contributed by atoms with Crippen LogP contribution in [0.5, 0.6) is 0 Å². The Balaban J connectivity index is 2.34. The van der Waals surface area contributed by atoms with Gasteiger partial charge in [-0.1, -0.05) is 18.2 Å². The number of rotatable bonds is 4. The second-order valence-electron chi connectivity index (χ2n) is 4.90. The van der Waals surface area contributed by atoms with Gasteiger partial charge in [0.2, 0.25) is 0 Å². The summed E-state index contributed by atoms with van der Waals surface area (Å²) in [5.74, 6) is -0.909. The normalized spacial score (nSPS) is 10.3. The van der Waals surface area contributed by atoms with E-state index >= 15 is 0 Å². The van der Waals surface area contributed by atoms with E-state index < -0.39 is 5.97 Å². The van der Waals surface area contributed by atoms with Crippen molar-refractivity contribution in [3.63, 3.8) is 0 Å². The standard InChI is InChI=1S/C16H18N2O2/c1-11-6-4-9-14(16(19)20)15(11)18(3)10-13-8-5-7-12(2)17-13/h4-9H,10H2,1-3H3,(H,19,20). The molecule has 20 heavy (non-hydrogen) atoms. The average Bonchev–Trinajstić information content (AvgIpc) is 2.38. The number of pyridine rings is 1. The Hall–Kier alpha value is -2.36. The number of nitrogens with zero attached hydrogens (tertiary/aromatic N) is 2. The predicted molar refractivity (Wildman–Crippen MR) is 79.2 cm³/mol. The smallest absolute Gasteiger partial charge is 0.337 e. The maximum Gasteiger partial charge on any atom is 0.337 e. The fraction of sp³-hybridized carbons (Fsp3) is 0.250. The summed E-state index contributed by atoms with van der Waals surface area (Å²) in [5.41, 5.74) is 3.88. The predicted octanol–water partition coefficient (Wildman–Crippen LogP) is 3.03. The number of para-hydroxylation sites is 1. The van der Waals surface area contributed by atoms with E-state index in [9.17, 15) is 9.90 Å². The first-order chi connectivity index (χ1) is 9.49. The van der Waals surface area contributed by atoms with Gasteiger partial charge >= 0.3 is 5.97 Å². The van der Waals surface area contributed by atoms with Crippen molar-refractivity contribution in [3.8, 4) is 0 Å². The monoisotopic (exact) mass is 270 g/mol. The molecule has 0 fully saturated rings. The quantitative estimate of drug-likeness (QED) is 0.927. The van der Waals surface area contributed by atoms with Gasteiger partial charge in [0, 0.05) is 12.7 Å². The van der Waals surface area contributed by atoms with E-state index in [-0.39, 0.29) is 0 Å². The molecule has 1 heterocycles. The summed E-state index contributed by atoms with van der Waals surface area (Å²) >= 11 is 0. The highest BCUT2D eigenvalue weighted by Gasteiger charge is 2.16. The van der Waals surface area contributed by atoms with Crippen molar-refractivity contribution in [2.45, 2.75) is 20.4 Å². The second-order valence-corrected chi connectivity index (χ2v) is 4.90. The minimum Gasteiger partial charge on any atom is -0.478 e. The minimum atomic E-state index is -0.909. The first-order valence-electron chi connectivity index (χ1n) is 6.45. The first kappa shape index (κ1) is 14.1. The van der Waals surface area contributed by atoms with Crippen LogP contribution >= 0.6 is 0 Å². The van der Waals surface area contributed by atoms with E-state index in [2.05, 4.69) is 4.98 Å². The second kappa shape index (κ2) is 5.74. The Kier molecular flexibility index (Phi) is 4.03. The van der Waals surface area contributed by atoms with Crippen molar-refractivity contribution in [1.29, 1.82) is 0 Å². The van der Waals surface area contributed by atoms with Crippen LogP contribution in [0.25, 0.3) is 0 Å². The number of carboxylic acid groups (broad SMARTS) is 1. The van der Waals surface area contributed by atoms with E-state index in [0.717, 1.165) is 22.6 Å². The fourth-order valence-corrected chi connectivity index (χ4v) is 2.35. The van der Waals surface area contributed by atoms with Crippen LogP contribution in [-0.4, -0.2) is 23.1 Å². The number of aryl methyl sites for hydroxylation is 2. The molecule has 104 valence electrons. The van der Waals surface area contributed by atoms with Crippen LogP contribution in [0.15, 0.2) is 36.4 Å². The van der Waals surface area contributed by atoms with Crippen LogP contribution in [0.4, 0.5) is 5.69 Å². The summed E-state index contributed by atoms with van der Waals surface area (Å²) in [5, 5.41) is 9.31. The molecule has 0 saturated carbocycles. The molecule has 0 aliphatic heterocycles. The average molecular weight is 270 g/mol. The van der Waals surface area contributed by atoms with Crippen LogP contribution < -0.4 is 4.90 Å². The zero-order valence-electron chi connectivity index (χ0n) is 11.9. The molecule has 0 bridgehead atoms. The van der Waals surface area contributed by atoms with E-state index in [4.69, 9.17) is 0 Å². The Morgan fingerprint density at radius 2 is 1.90 bits per heavy atom. The fourth-order valence-electron chi connectivity index (χ4n) is 2.35. The molecule has 0 saturated heterocycles. The first-order valence-corrected chi connectivity index (χ1v) is 6.45. The van der Waals surface area contributed by atoms with Gasteiger partial charge in [-0.05, 0) is 37.6 Å². The number of aromatic nitrogens is 1. The van der Waals surface area contributed by atoms with E-state index in [0.29, 0.717) is 12.1 Å². The van der Waals surface area contributed by atoms with Crippen molar-refractivity contribution < 1.29 is 9.90 Å². The number of carbonyl (C=O) groups is 1. The Bertz CT molecular complexity index is 638. The van der Waals surface area contributed by atoms with Gasteiger partial charge in [-0.25, -0.2) is 4.79 Å². The molecule has 1 N–H and O–H groups in total. The van der Waals surface area contributed by atoms with Crippen LogP contribution in [0.3, 0.4) is 0 Å². The van der Waals surface area contributed by atoms with Gasteiger partial charge in [0.25, 0.3) is 0 Å². The minimum absolute atomic E-state index is 0.320. The van der Waals surface area contributed by atoms with Crippen molar-refractivity contribution >= 4 is 11.7 Å². The lowest BCUT2D eigenvalue weighted by Crippen LogP contribution is -2.21. The van der Waals surface area contributed by atoms with Crippen LogP contribution in [0, 0.1) is 13.8 Å². The molecule has 0 spiro atoms. The van der Waals surface area contributed by atoms with E-state index in [1.807, 2.05) is 50.1 Å². The number of hydrogen-bond acceptors (Lipinski definition) is 3. The molecule has 1 aromatic heterocycles. The number of aromatic carboxylic acids is 1. The number of hydrogen-bond donors (Lipinski definition) is 1. The molecule has 0 aliphatic rings. The Morgan fingerprint density at radius 3 is 2.55 bits per heavy atom. The third kappa shape index (κ3) is 2.96. The molecule has 0 radical (unpaired) electrons. The maximum atomic E-state index is 11.3. The van der Waals surface area contributed by atoms with E-state index in [1.165, 1.54) is 0 Å². The molecule has 2 aromatic rings. The molecule has 4 heteroatoms. The molecule has 0 amide bonds. The van der Waals surface area contributed by atoms with E-state index in [1.54, 1.807) is 12.1 Å². The van der Waals surface area contributed by atoms with Gasteiger partial charge in [-0.2, -0.15) is 0 Å². The van der Waals surface area contributed by atoms with Crippen molar-refractivity contribution in [1.82, 2.24) is 4.98 Å². The van der Waals surface area contributed by atoms with Crippen molar-refractivity contribution in [2.75, 3.05) is 11.9 Å². The lowest BCUT2D eigenvalue weighted by molar-refractivity contribution is 0.0697. The number of carboxylic acids is 1. The zero-order chi connectivity index (χ0) is 14.7. The number of anilines is 1. The SMILES string of the molecule is Cc1cccc(CN(C)c2c(C)cccc2C(=O)O)n1. The Labute approximate surface area is 118 Å². The molecule has 0 atom stereocenters. The molecule has 1 aromatic carbocycles. The van der Waals surface area contributed by atoms with Crippen molar-refractivity contribution in [3.05, 3.63) is 58.9 Å². The topological polar surface area (TPSA) is 53.4 Å². The summed E-state index contributed by atoms with van der Waals surface area (Å²) in [7, 11) is 1.89. The van der Waals surface area contributed by atoms with Crippen LogP contribution in [0.2, 0.25) is 0 Å². The zero-order valence-corrected chi connectivity index (χ0v) is 11.9. The molecule has 0 aliphatic carbocycles.